The summed E-state index contributed by atoms with van der Waals surface area (Å²) in [7, 11) is 0. The van der Waals surface area contributed by atoms with Crippen LogP contribution < -0.4 is 0 Å². The van der Waals surface area contributed by atoms with Gasteiger partial charge in [-0.05, 0) is 32.1 Å². The summed E-state index contributed by atoms with van der Waals surface area (Å²) in [6.07, 6.45) is 13.9. The molecule has 1 saturated heterocycles. The van der Waals surface area contributed by atoms with Crippen molar-refractivity contribution in [2.24, 2.45) is 5.92 Å². The van der Waals surface area contributed by atoms with Gasteiger partial charge in [0.2, 0.25) is 0 Å². The van der Waals surface area contributed by atoms with Gasteiger partial charge in [0.15, 0.2) is 0 Å². The number of hydrogen-bond acceptors (Lipinski definition) is 2. The summed E-state index contributed by atoms with van der Waals surface area (Å²) in [5, 5.41) is 0. The third-order valence-corrected chi connectivity index (χ3v) is 4.41. The second-order valence-electron chi connectivity index (χ2n) is 7.21. The van der Waals surface area contributed by atoms with Gasteiger partial charge >= 0.3 is 0 Å². The van der Waals surface area contributed by atoms with Gasteiger partial charge in [-0.2, -0.15) is 0 Å². The van der Waals surface area contributed by atoms with E-state index >= 15 is 0 Å². The molecule has 172 valence electrons. The van der Waals surface area contributed by atoms with E-state index in [0.29, 0.717) is 6.04 Å². The fourth-order valence-electron chi connectivity index (χ4n) is 3.08. The van der Waals surface area contributed by atoms with Crippen molar-refractivity contribution in [3.63, 3.8) is 0 Å². The average Bonchev–Trinajstić information content (AvgIpc) is 2.79. The maximum atomic E-state index is 5.45. The van der Waals surface area contributed by atoms with Crippen LogP contribution in [0.2, 0.25) is 0 Å². The lowest BCUT2D eigenvalue weighted by atomic mass is 9.97. The molecule has 1 fully saturated rings. The SMILES string of the molecule is C=C/C=C\C=C/CCC(CC(C)C)N1CCOCC1.CC.CC.Cc1ccccc1. The van der Waals surface area contributed by atoms with Gasteiger partial charge in [-0.15, -0.1) is 0 Å². The quantitative estimate of drug-likeness (QED) is 0.401. The highest BCUT2D eigenvalue weighted by molar-refractivity contribution is 5.11. The Morgan fingerprint density at radius 1 is 0.967 bits per heavy atom. The third kappa shape index (κ3) is 18.4. The van der Waals surface area contributed by atoms with E-state index < -0.39 is 0 Å². The zero-order chi connectivity index (χ0) is 23.0. The molecular weight excluding hydrogens is 366 g/mol. The molecule has 0 aromatic heterocycles. The van der Waals surface area contributed by atoms with Crippen LogP contribution in [0.25, 0.3) is 0 Å². The molecular formula is C28H49NO. The normalized spacial score (nSPS) is 14.8. The minimum Gasteiger partial charge on any atom is -0.379 e. The zero-order valence-electron chi connectivity index (χ0n) is 20.9. The summed E-state index contributed by atoms with van der Waals surface area (Å²) in [5.74, 6) is 0.762. The van der Waals surface area contributed by atoms with Crippen LogP contribution in [-0.4, -0.2) is 37.2 Å². The molecule has 30 heavy (non-hydrogen) atoms. The lowest BCUT2D eigenvalue weighted by Crippen LogP contribution is -2.44. The fraction of sp³-hybridized carbons (Fsp3) is 0.571. The number of ether oxygens (including phenoxy) is 1. The zero-order valence-corrected chi connectivity index (χ0v) is 20.9. The van der Waals surface area contributed by atoms with Crippen molar-refractivity contribution >= 4 is 0 Å². The van der Waals surface area contributed by atoms with E-state index in [2.05, 4.69) is 56.5 Å². The van der Waals surface area contributed by atoms with Gasteiger partial charge in [-0.3, -0.25) is 4.90 Å². The van der Waals surface area contributed by atoms with Crippen LogP contribution in [0.3, 0.4) is 0 Å². The first-order valence-electron chi connectivity index (χ1n) is 11.9. The number of allylic oxidation sites excluding steroid dienone is 5. The number of aryl methyl sites for hydroxylation is 1. The molecule has 0 radical (unpaired) electrons. The standard InChI is InChI=1S/C17H29NO.C7H8.2C2H6/c1-4-5-6-7-8-9-10-17(15-16(2)3)18-11-13-19-14-12-18;1-7-5-3-2-4-6-7;2*1-2/h4-8,16-17H,1,9-15H2,2-3H3;2-6H,1H3;2*1-2H3/b6-5-,8-7-;;;. The van der Waals surface area contributed by atoms with Gasteiger partial charge in [0.25, 0.3) is 0 Å². The van der Waals surface area contributed by atoms with Crippen molar-refractivity contribution in [2.45, 2.75) is 73.8 Å². The van der Waals surface area contributed by atoms with Crippen LogP contribution in [0.4, 0.5) is 0 Å². The molecule has 1 aliphatic heterocycles. The monoisotopic (exact) mass is 415 g/mol. The van der Waals surface area contributed by atoms with Crippen molar-refractivity contribution in [3.05, 3.63) is 72.9 Å². The lowest BCUT2D eigenvalue weighted by molar-refractivity contribution is 0.0105. The summed E-state index contributed by atoms with van der Waals surface area (Å²) in [5.41, 5.74) is 1.32. The average molecular weight is 416 g/mol. The number of benzene rings is 1. The predicted molar refractivity (Wildman–Crippen MR) is 137 cm³/mol. The fourth-order valence-corrected chi connectivity index (χ4v) is 3.08. The van der Waals surface area contributed by atoms with Gasteiger partial charge < -0.3 is 4.74 Å². The van der Waals surface area contributed by atoms with Gasteiger partial charge in [0.1, 0.15) is 0 Å². The van der Waals surface area contributed by atoms with E-state index in [-0.39, 0.29) is 0 Å². The Kier molecular flexibility index (Phi) is 24.1. The van der Waals surface area contributed by atoms with Crippen molar-refractivity contribution in [1.29, 1.82) is 0 Å². The molecule has 1 atom stereocenters. The minimum absolute atomic E-state index is 0.705. The molecule has 1 aromatic rings. The van der Waals surface area contributed by atoms with Crippen LogP contribution in [-0.2, 0) is 4.74 Å². The summed E-state index contributed by atoms with van der Waals surface area (Å²) in [4.78, 5) is 2.61. The van der Waals surface area contributed by atoms with Crippen molar-refractivity contribution < 1.29 is 4.74 Å². The van der Waals surface area contributed by atoms with E-state index in [0.717, 1.165) is 38.6 Å². The Labute approximate surface area is 188 Å². The Morgan fingerprint density at radius 3 is 2.03 bits per heavy atom. The molecule has 2 nitrogen and oxygen atoms in total. The smallest absolute Gasteiger partial charge is 0.0594 e. The van der Waals surface area contributed by atoms with E-state index in [1.165, 1.54) is 18.4 Å². The second kappa shape index (κ2) is 23.6. The maximum absolute atomic E-state index is 5.45. The second-order valence-corrected chi connectivity index (χ2v) is 7.21. The molecule has 1 aliphatic rings. The number of rotatable bonds is 8. The number of nitrogens with zero attached hydrogens (tertiary/aromatic N) is 1. The molecule has 0 bridgehead atoms. The van der Waals surface area contributed by atoms with E-state index in [1.807, 2.05) is 58.0 Å². The molecule has 0 saturated carbocycles. The highest BCUT2D eigenvalue weighted by Crippen LogP contribution is 2.18. The Morgan fingerprint density at radius 2 is 1.57 bits per heavy atom. The number of morpholine rings is 1. The molecule has 0 N–H and O–H groups in total. The summed E-state index contributed by atoms with van der Waals surface area (Å²) >= 11 is 0. The third-order valence-electron chi connectivity index (χ3n) is 4.41. The highest BCUT2D eigenvalue weighted by Gasteiger charge is 2.20. The number of hydrogen-bond donors (Lipinski definition) is 0. The minimum atomic E-state index is 0.705. The molecule has 2 rings (SSSR count). The largest absolute Gasteiger partial charge is 0.379 e. The van der Waals surface area contributed by atoms with Gasteiger partial charge in [-0.25, -0.2) is 0 Å². The van der Waals surface area contributed by atoms with Gasteiger partial charge in [0, 0.05) is 19.1 Å². The Balaban J connectivity index is 0. The first kappa shape index (κ1) is 30.6. The molecule has 1 aromatic carbocycles. The van der Waals surface area contributed by atoms with E-state index in [4.69, 9.17) is 4.74 Å². The first-order valence-corrected chi connectivity index (χ1v) is 11.9. The maximum Gasteiger partial charge on any atom is 0.0594 e. The highest BCUT2D eigenvalue weighted by atomic mass is 16.5. The molecule has 1 unspecified atom stereocenters. The summed E-state index contributed by atoms with van der Waals surface area (Å²) in [6.45, 7) is 22.4. The first-order chi connectivity index (χ1) is 14.6. The molecule has 0 aliphatic carbocycles. The molecule has 2 heteroatoms. The van der Waals surface area contributed by atoms with Crippen molar-refractivity contribution in [3.8, 4) is 0 Å². The Hall–Kier alpha value is -1.64. The van der Waals surface area contributed by atoms with Crippen LogP contribution >= 0.6 is 0 Å². The van der Waals surface area contributed by atoms with Crippen LogP contribution in [0.5, 0.6) is 0 Å². The van der Waals surface area contributed by atoms with E-state index in [9.17, 15) is 0 Å². The van der Waals surface area contributed by atoms with Crippen LogP contribution in [0.15, 0.2) is 67.3 Å². The van der Waals surface area contributed by atoms with Crippen molar-refractivity contribution in [2.75, 3.05) is 26.3 Å². The topological polar surface area (TPSA) is 12.5 Å². The Bertz CT molecular complexity index is 513. The summed E-state index contributed by atoms with van der Waals surface area (Å²) < 4.78 is 5.45. The van der Waals surface area contributed by atoms with E-state index in [1.54, 1.807) is 6.08 Å². The van der Waals surface area contributed by atoms with Gasteiger partial charge in [-0.1, -0.05) is 114 Å². The molecule has 0 spiro atoms. The summed E-state index contributed by atoms with van der Waals surface area (Å²) in [6, 6.07) is 11.0. The van der Waals surface area contributed by atoms with Crippen LogP contribution in [0, 0.1) is 12.8 Å². The molecule has 1 heterocycles. The van der Waals surface area contributed by atoms with Crippen LogP contribution in [0.1, 0.15) is 66.4 Å². The molecule has 0 amide bonds. The van der Waals surface area contributed by atoms with Gasteiger partial charge in [0.05, 0.1) is 13.2 Å². The lowest BCUT2D eigenvalue weighted by Gasteiger charge is -2.35. The predicted octanol–water partition coefficient (Wildman–Crippen LogP) is 7.86. The van der Waals surface area contributed by atoms with Crippen molar-refractivity contribution in [1.82, 2.24) is 4.90 Å².